The van der Waals surface area contributed by atoms with E-state index >= 15 is 0 Å². The van der Waals surface area contributed by atoms with Crippen LogP contribution in [-0.2, 0) is 18.4 Å². The van der Waals surface area contributed by atoms with Gasteiger partial charge in [-0.25, -0.2) is 0 Å². The number of nitrogens with zero attached hydrogens (tertiary/aromatic N) is 5. The van der Waals surface area contributed by atoms with Crippen molar-refractivity contribution >= 4 is 16.5 Å². The topological polar surface area (TPSA) is 68.5 Å². The van der Waals surface area contributed by atoms with Crippen LogP contribution in [0.25, 0.3) is 0 Å². The van der Waals surface area contributed by atoms with Gasteiger partial charge in [0.05, 0.1) is 6.04 Å². The van der Waals surface area contributed by atoms with Gasteiger partial charge in [0.2, 0.25) is 5.13 Å². The molecule has 1 atom stereocenters. The molecule has 0 radical (unpaired) electrons. The molecule has 108 valence electrons. The summed E-state index contributed by atoms with van der Waals surface area (Å²) in [5, 5.41) is 22.3. The Hall–Kier alpha value is -1.50. The first-order valence-corrected chi connectivity index (χ1v) is 7.79. The summed E-state index contributed by atoms with van der Waals surface area (Å²) in [6.07, 6.45) is 2.20. The molecule has 1 aliphatic heterocycles. The van der Waals surface area contributed by atoms with Crippen molar-refractivity contribution in [3.8, 4) is 0 Å². The molecule has 2 aromatic heterocycles. The first-order chi connectivity index (χ1) is 9.45. The van der Waals surface area contributed by atoms with Gasteiger partial charge < -0.3 is 9.88 Å². The van der Waals surface area contributed by atoms with Gasteiger partial charge in [0, 0.05) is 18.4 Å². The summed E-state index contributed by atoms with van der Waals surface area (Å²) in [5.41, 5.74) is 0.0386. The largest absolute Gasteiger partial charge is 0.350 e. The molecule has 20 heavy (non-hydrogen) atoms. The molecule has 0 amide bonds. The summed E-state index contributed by atoms with van der Waals surface area (Å²) >= 11 is 1.61. The lowest BCUT2D eigenvalue weighted by Gasteiger charge is -2.13. The normalized spacial score (nSPS) is 16.2. The van der Waals surface area contributed by atoms with Gasteiger partial charge in [-0.15, -0.1) is 20.4 Å². The zero-order chi connectivity index (χ0) is 14.3. The third kappa shape index (κ3) is 2.42. The van der Waals surface area contributed by atoms with Crippen LogP contribution in [0, 0.1) is 0 Å². The number of anilines is 1. The molecule has 0 bridgehead atoms. The number of hydrogen-bond donors (Lipinski definition) is 1. The number of rotatable bonds is 3. The first kappa shape index (κ1) is 13.5. The Balaban J connectivity index is 1.76. The fourth-order valence-corrected chi connectivity index (χ4v) is 3.22. The highest BCUT2D eigenvalue weighted by Crippen LogP contribution is 2.30. The van der Waals surface area contributed by atoms with Crippen LogP contribution in [0.3, 0.4) is 0 Å². The van der Waals surface area contributed by atoms with E-state index in [1.54, 1.807) is 11.3 Å². The summed E-state index contributed by atoms with van der Waals surface area (Å²) in [4.78, 5) is 0. The third-order valence-electron chi connectivity index (χ3n) is 3.43. The van der Waals surface area contributed by atoms with E-state index in [-0.39, 0.29) is 11.5 Å². The van der Waals surface area contributed by atoms with Crippen LogP contribution in [0.15, 0.2) is 0 Å². The highest BCUT2D eigenvalue weighted by Gasteiger charge is 2.23. The number of nitrogens with one attached hydrogen (secondary N) is 1. The fourth-order valence-electron chi connectivity index (χ4n) is 2.33. The van der Waals surface area contributed by atoms with Crippen molar-refractivity contribution in [2.75, 3.05) is 5.32 Å². The van der Waals surface area contributed by atoms with E-state index in [2.05, 4.69) is 58.0 Å². The molecule has 6 nitrogen and oxygen atoms in total. The molecule has 3 heterocycles. The molecular formula is C13H20N6S. The summed E-state index contributed by atoms with van der Waals surface area (Å²) in [6.45, 7) is 9.55. The maximum absolute atomic E-state index is 4.30. The summed E-state index contributed by atoms with van der Waals surface area (Å²) in [7, 11) is 0. The molecule has 0 unspecified atom stereocenters. The van der Waals surface area contributed by atoms with Crippen molar-refractivity contribution in [1.29, 1.82) is 0 Å². The quantitative estimate of drug-likeness (QED) is 0.941. The predicted molar refractivity (Wildman–Crippen MR) is 79.0 cm³/mol. The van der Waals surface area contributed by atoms with Crippen molar-refractivity contribution in [1.82, 2.24) is 25.0 Å². The minimum atomic E-state index is 0.0386. The Kier molecular flexibility index (Phi) is 3.24. The Morgan fingerprint density at radius 3 is 2.70 bits per heavy atom. The van der Waals surface area contributed by atoms with Gasteiger partial charge in [-0.3, -0.25) is 0 Å². The Labute approximate surface area is 122 Å². The van der Waals surface area contributed by atoms with E-state index in [0.717, 1.165) is 41.2 Å². The average Bonchev–Trinajstić information content (AvgIpc) is 3.01. The van der Waals surface area contributed by atoms with E-state index in [4.69, 9.17) is 0 Å². The standard InChI is InChI=1S/C13H20N6S/c1-8(10-16-15-9-6-5-7-19(9)10)14-12-18-17-11(20-12)13(2,3)4/h8H,5-7H2,1-4H3,(H,14,18)/t8-/m0/s1. The predicted octanol–water partition coefficient (Wildman–Crippen LogP) is 2.55. The Morgan fingerprint density at radius 1 is 1.20 bits per heavy atom. The zero-order valence-electron chi connectivity index (χ0n) is 12.3. The smallest absolute Gasteiger partial charge is 0.206 e. The van der Waals surface area contributed by atoms with Gasteiger partial charge in [0.15, 0.2) is 5.82 Å². The molecule has 7 heteroatoms. The van der Waals surface area contributed by atoms with Crippen LogP contribution in [0.5, 0.6) is 0 Å². The minimum Gasteiger partial charge on any atom is -0.350 e. The van der Waals surface area contributed by atoms with Crippen molar-refractivity contribution in [2.45, 2.75) is 58.5 Å². The van der Waals surface area contributed by atoms with Crippen LogP contribution >= 0.6 is 11.3 Å². The van der Waals surface area contributed by atoms with E-state index in [9.17, 15) is 0 Å². The summed E-state index contributed by atoms with van der Waals surface area (Å²) in [6, 6.07) is 0.0927. The molecular weight excluding hydrogens is 272 g/mol. The van der Waals surface area contributed by atoms with E-state index in [0.29, 0.717) is 0 Å². The van der Waals surface area contributed by atoms with Gasteiger partial charge in [-0.05, 0) is 13.3 Å². The van der Waals surface area contributed by atoms with Gasteiger partial charge in [-0.2, -0.15) is 0 Å². The summed E-state index contributed by atoms with van der Waals surface area (Å²) in [5.74, 6) is 2.09. The van der Waals surface area contributed by atoms with Crippen LogP contribution < -0.4 is 5.32 Å². The average molecular weight is 292 g/mol. The second kappa shape index (κ2) is 4.80. The molecule has 0 aliphatic carbocycles. The molecule has 0 spiro atoms. The van der Waals surface area contributed by atoms with Gasteiger partial charge in [0.25, 0.3) is 0 Å². The van der Waals surface area contributed by atoms with Crippen molar-refractivity contribution < 1.29 is 0 Å². The summed E-state index contributed by atoms with van der Waals surface area (Å²) < 4.78 is 2.21. The maximum Gasteiger partial charge on any atom is 0.206 e. The van der Waals surface area contributed by atoms with Crippen LogP contribution in [0.2, 0.25) is 0 Å². The van der Waals surface area contributed by atoms with Crippen LogP contribution in [0.1, 0.15) is 56.8 Å². The van der Waals surface area contributed by atoms with Crippen molar-refractivity contribution in [3.05, 3.63) is 16.7 Å². The number of fused-ring (bicyclic) bond motifs is 1. The fraction of sp³-hybridized carbons (Fsp3) is 0.692. The Bertz CT molecular complexity index is 609. The minimum absolute atomic E-state index is 0.0386. The van der Waals surface area contributed by atoms with Gasteiger partial charge in [0.1, 0.15) is 10.8 Å². The number of aromatic nitrogens is 5. The molecule has 0 saturated carbocycles. The molecule has 0 fully saturated rings. The van der Waals surface area contributed by atoms with Crippen LogP contribution in [-0.4, -0.2) is 25.0 Å². The highest BCUT2D eigenvalue weighted by molar-refractivity contribution is 7.15. The molecule has 3 rings (SSSR count). The van der Waals surface area contributed by atoms with E-state index < -0.39 is 0 Å². The lowest BCUT2D eigenvalue weighted by atomic mass is 9.98. The molecule has 1 aliphatic rings. The highest BCUT2D eigenvalue weighted by atomic mass is 32.1. The lowest BCUT2D eigenvalue weighted by Crippen LogP contribution is -2.13. The van der Waals surface area contributed by atoms with Gasteiger partial charge >= 0.3 is 0 Å². The maximum atomic E-state index is 4.30. The van der Waals surface area contributed by atoms with Gasteiger partial charge in [-0.1, -0.05) is 32.1 Å². The molecule has 2 aromatic rings. The van der Waals surface area contributed by atoms with E-state index in [1.165, 1.54) is 0 Å². The SMILES string of the molecule is C[C@H](Nc1nnc(C(C)(C)C)s1)c1nnc2n1CCC2. The zero-order valence-corrected chi connectivity index (χ0v) is 13.2. The first-order valence-electron chi connectivity index (χ1n) is 6.97. The van der Waals surface area contributed by atoms with E-state index in [1.807, 2.05) is 0 Å². The second-order valence-electron chi connectivity index (χ2n) is 6.26. The lowest BCUT2D eigenvalue weighted by molar-refractivity contribution is 0.578. The second-order valence-corrected chi connectivity index (χ2v) is 7.24. The molecule has 1 N–H and O–H groups in total. The molecule has 0 saturated heterocycles. The van der Waals surface area contributed by atoms with Crippen LogP contribution in [0.4, 0.5) is 5.13 Å². The number of hydrogen-bond acceptors (Lipinski definition) is 6. The monoisotopic (exact) mass is 292 g/mol. The number of aryl methyl sites for hydroxylation is 1. The van der Waals surface area contributed by atoms with Crippen molar-refractivity contribution in [2.24, 2.45) is 0 Å². The molecule has 0 aromatic carbocycles. The third-order valence-corrected chi connectivity index (χ3v) is 4.71. The van der Waals surface area contributed by atoms with Crippen molar-refractivity contribution in [3.63, 3.8) is 0 Å². The Morgan fingerprint density at radius 2 is 2.00 bits per heavy atom.